The SMILES string of the molecule is CC(=O)N(CCNC(=O)CCOc1ccccc1)c1cccc(C#N)c1. The molecule has 0 atom stereocenters. The number of rotatable bonds is 8. The Labute approximate surface area is 153 Å². The van der Waals surface area contributed by atoms with Gasteiger partial charge in [0.05, 0.1) is 24.7 Å². The minimum Gasteiger partial charge on any atom is -0.493 e. The fraction of sp³-hybridized carbons (Fsp3) is 0.250. The third kappa shape index (κ3) is 5.95. The summed E-state index contributed by atoms with van der Waals surface area (Å²) in [6, 6.07) is 18.2. The first-order valence-electron chi connectivity index (χ1n) is 8.33. The van der Waals surface area contributed by atoms with Gasteiger partial charge < -0.3 is 15.0 Å². The van der Waals surface area contributed by atoms with Crippen molar-refractivity contribution < 1.29 is 14.3 Å². The monoisotopic (exact) mass is 351 g/mol. The van der Waals surface area contributed by atoms with E-state index in [-0.39, 0.29) is 24.8 Å². The van der Waals surface area contributed by atoms with Gasteiger partial charge in [0.15, 0.2) is 0 Å². The average molecular weight is 351 g/mol. The Hall–Kier alpha value is -3.33. The molecule has 2 aromatic carbocycles. The van der Waals surface area contributed by atoms with Crippen LogP contribution in [-0.2, 0) is 9.59 Å². The standard InChI is InChI=1S/C20H21N3O3/c1-16(24)23(18-7-5-6-17(14-18)15-21)12-11-22-20(25)10-13-26-19-8-3-2-4-9-19/h2-9,14H,10-13H2,1H3,(H,22,25). The summed E-state index contributed by atoms with van der Waals surface area (Å²) in [5.74, 6) is 0.428. The zero-order valence-corrected chi connectivity index (χ0v) is 14.6. The normalized spacial score (nSPS) is 9.85. The van der Waals surface area contributed by atoms with Crippen LogP contribution in [0.1, 0.15) is 18.9 Å². The number of nitriles is 1. The fourth-order valence-electron chi connectivity index (χ4n) is 2.39. The van der Waals surface area contributed by atoms with E-state index in [0.717, 1.165) is 5.75 Å². The number of anilines is 1. The molecule has 26 heavy (non-hydrogen) atoms. The molecule has 0 aromatic heterocycles. The number of hydrogen-bond acceptors (Lipinski definition) is 4. The van der Waals surface area contributed by atoms with Gasteiger partial charge in [0.1, 0.15) is 5.75 Å². The van der Waals surface area contributed by atoms with E-state index in [1.807, 2.05) is 30.3 Å². The predicted octanol–water partition coefficient (Wildman–Crippen LogP) is 2.50. The Morgan fingerprint density at radius 1 is 1.15 bits per heavy atom. The van der Waals surface area contributed by atoms with Gasteiger partial charge in [0.25, 0.3) is 0 Å². The van der Waals surface area contributed by atoms with Crippen LogP contribution in [-0.4, -0.2) is 31.5 Å². The molecule has 2 rings (SSSR count). The lowest BCUT2D eigenvalue weighted by molar-refractivity contribution is -0.122. The van der Waals surface area contributed by atoms with Crippen LogP contribution < -0.4 is 15.0 Å². The van der Waals surface area contributed by atoms with Crippen LogP contribution in [0.3, 0.4) is 0 Å². The van der Waals surface area contributed by atoms with Crippen LogP contribution in [0.25, 0.3) is 0 Å². The number of amides is 2. The first-order valence-corrected chi connectivity index (χ1v) is 8.33. The van der Waals surface area contributed by atoms with Crippen molar-refractivity contribution >= 4 is 17.5 Å². The second-order valence-electron chi connectivity index (χ2n) is 5.59. The lowest BCUT2D eigenvalue weighted by atomic mass is 10.2. The molecule has 2 aromatic rings. The van der Waals surface area contributed by atoms with Crippen LogP contribution in [0, 0.1) is 11.3 Å². The second-order valence-corrected chi connectivity index (χ2v) is 5.59. The molecule has 0 aliphatic rings. The number of para-hydroxylation sites is 1. The van der Waals surface area contributed by atoms with E-state index in [2.05, 4.69) is 11.4 Å². The highest BCUT2D eigenvalue weighted by molar-refractivity contribution is 5.91. The topological polar surface area (TPSA) is 82.4 Å². The molecule has 1 N–H and O–H groups in total. The Balaban J connectivity index is 1.77. The largest absolute Gasteiger partial charge is 0.493 e. The van der Waals surface area contributed by atoms with Crippen molar-refractivity contribution in [3.63, 3.8) is 0 Å². The predicted molar refractivity (Wildman–Crippen MR) is 98.7 cm³/mol. The Kier molecular flexibility index (Phi) is 7.19. The van der Waals surface area contributed by atoms with Gasteiger partial charge in [0.2, 0.25) is 11.8 Å². The highest BCUT2D eigenvalue weighted by Crippen LogP contribution is 2.15. The van der Waals surface area contributed by atoms with Gasteiger partial charge in [-0.05, 0) is 30.3 Å². The molecule has 6 nitrogen and oxygen atoms in total. The number of ether oxygens (including phenoxy) is 1. The van der Waals surface area contributed by atoms with Crippen molar-refractivity contribution in [1.29, 1.82) is 5.26 Å². The molecule has 0 aliphatic heterocycles. The van der Waals surface area contributed by atoms with Gasteiger partial charge in [-0.25, -0.2) is 0 Å². The number of nitrogens with one attached hydrogen (secondary N) is 1. The van der Waals surface area contributed by atoms with Crippen molar-refractivity contribution in [3.8, 4) is 11.8 Å². The molecule has 0 radical (unpaired) electrons. The summed E-state index contributed by atoms with van der Waals surface area (Å²) in [5.41, 5.74) is 1.12. The average Bonchev–Trinajstić information content (AvgIpc) is 2.66. The minimum atomic E-state index is -0.151. The number of hydrogen-bond donors (Lipinski definition) is 1. The molecule has 0 saturated carbocycles. The second kappa shape index (κ2) is 9.84. The zero-order chi connectivity index (χ0) is 18.8. The van der Waals surface area contributed by atoms with Gasteiger partial charge in [-0.15, -0.1) is 0 Å². The van der Waals surface area contributed by atoms with E-state index in [0.29, 0.717) is 24.3 Å². The van der Waals surface area contributed by atoms with E-state index in [1.165, 1.54) is 11.8 Å². The minimum absolute atomic E-state index is 0.143. The van der Waals surface area contributed by atoms with Crippen LogP contribution in [0.15, 0.2) is 54.6 Å². The molecule has 0 aliphatic carbocycles. The van der Waals surface area contributed by atoms with Crippen LogP contribution >= 0.6 is 0 Å². The molecule has 0 heterocycles. The number of nitrogens with zero attached hydrogens (tertiary/aromatic N) is 2. The third-order valence-corrected chi connectivity index (χ3v) is 3.67. The van der Waals surface area contributed by atoms with Gasteiger partial charge in [0, 0.05) is 25.7 Å². The molecule has 0 bridgehead atoms. The first-order chi connectivity index (χ1) is 12.6. The van der Waals surface area contributed by atoms with Gasteiger partial charge in [-0.1, -0.05) is 24.3 Å². The summed E-state index contributed by atoms with van der Waals surface area (Å²) in [7, 11) is 0. The van der Waals surface area contributed by atoms with Crippen LogP contribution in [0.2, 0.25) is 0 Å². The molecule has 6 heteroatoms. The van der Waals surface area contributed by atoms with Crippen molar-refractivity contribution in [2.75, 3.05) is 24.6 Å². The molecule has 2 amide bonds. The summed E-state index contributed by atoms with van der Waals surface area (Å²) in [6.07, 6.45) is 0.235. The number of benzene rings is 2. The van der Waals surface area contributed by atoms with Crippen molar-refractivity contribution in [2.45, 2.75) is 13.3 Å². The highest BCUT2D eigenvalue weighted by Gasteiger charge is 2.12. The molecule has 0 saturated heterocycles. The maximum atomic E-state index is 11.9. The maximum absolute atomic E-state index is 11.9. The van der Waals surface area contributed by atoms with E-state index >= 15 is 0 Å². The highest BCUT2D eigenvalue weighted by atomic mass is 16.5. The summed E-state index contributed by atoms with van der Waals surface area (Å²) in [6.45, 7) is 2.39. The maximum Gasteiger partial charge on any atom is 0.223 e. The lowest BCUT2D eigenvalue weighted by Crippen LogP contribution is -2.37. The van der Waals surface area contributed by atoms with Crippen molar-refractivity contribution in [1.82, 2.24) is 5.32 Å². The Morgan fingerprint density at radius 3 is 2.62 bits per heavy atom. The summed E-state index contributed by atoms with van der Waals surface area (Å²) in [5, 5.41) is 11.7. The zero-order valence-electron chi connectivity index (χ0n) is 14.6. The van der Waals surface area contributed by atoms with E-state index in [1.54, 1.807) is 24.3 Å². The number of carbonyl (C=O) groups excluding carboxylic acids is 2. The van der Waals surface area contributed by atoms with E-state index < -0.39 is 0 Å². The third-order valence-electron chi connectivity index (χ3n) is 3.67. The van der Waals surface area contributed by atoms with Crippen molar-refractivity contribution in [3.05, 3.63) is 60.2 Å². The van der Waals surface area contributed by atoms with Crippen LogP contribution in [0.5, 0.6) is 5.75 Å². The first kappa shape index (κ1) is 19.0. The van der Waals surface area contributed by atoms with Crippen LogP contribution in [0.4, 0.5) is 5.69 Å². The smallest absolute Gasteiger partial charge is 0.223 e. The van der Waals surface area contributed by atoms with E-state index in [9.17, 15) is 9.59 Å². The molecular formula is C20H21N3O3. The fourth-order valence-corrected chi connectivity index (χ4v) is 2.39. The Bertz CT molecular complexity index is 784. The van der Waals surface area contributed by atoms with E-state index in [4.69, 9.17) is 10.00 Å². The quantitative estimate of drug-likeness (QED) is 0.792. The molecular weight excluding hydrogens is 330 g/mol. The molecule has 0 spiro atoms. The van der Waals surface area contributed by atoms with Gasteiger partial charge in [-0.2, -0.15) is 5.26 Å². The molecule has 134 valence electrons. The van der Waals surface area contributed by atoms with Gasteiger partial charge in [-0.3, -0.25) is 9.59 Å². The lowest BCUT2D eigenvalue weighted by Gasteiger charge is -2.21. The molecule has 0 unspecified atom stereocenters. The van der Waals surface area contributed by atoms with Gasteiger partial charge >= 0.3 is 0 Å². The summed E-state index contributed by atoms with van der Waals surface area (Å²) in [4.78, 5) is 25.3. The summed E-state index contributed by atoms with van der Waals surface area (Å²) < 4.78 is 5.48. The summed E-state index contributed by atoms with van der Waals surface area (Å²) >= 11 is 0. The Morgan fingerprint density at radius 2 is 1.92 bits per heavy atom. The van der Waals surface area contributed by atoms with Crippen molar-refractivity contribution in [2.24, 2.45) is 0 Å². The number of carbonyl (C=O) groups is 2. The molecule has 0 fully saturated rings.